The van der Waals surface area contributed by atoms with E-state index in [0.29, 0.717) is 19.4 Å². The monoisotopic (exact) mass is 304 g/mol. The molecule has 0 radical (unpaired) electrons. The summed E-state index contributed by atoms with van der Waals surface area (Å²) in [6.07, 6.45) is 4.72. The molecule has 1 aromatic rings. The van der Waals surface area contributed by atoms with Crippen LogP contribution in [0.4, 0.5) is 0 Å². The highest BCUT2D eigenvalue weighted by Crippen LogP contribution is 2.41. The van der Waals surface area contributed by atoms with Crippen molar-refractivity contribution in [2.75, 3.05) is 13.7 Å². The summed E-state index contributed by atoms with van der Waals surface area (Å²) in [5.41, 5.74) is 5.71. The molecule has 1 saturated carbocycles. The Morgan fingerprint density at radius 3 is 2.41 bits per heavy atom. The smallest absolute Gasteiger partial charge is 0.230 e. The van der Waals surface area contributed by atoms with Gasteiger partial charge in [-0.2, -0.15) is 0 Å². The molecule has 0 atom stereocenters. The molecule has 0 bridgehead atoms. The Morgan fingerprint density at radius 2 is 1.86 bits per heavy atom. The molecule has 1 aromatic carbocycles. The first-order valence-electron chi connectivity index (χ1n) is 7.79. The summed E-state index contributed by atoms with van der Waals surface area (Å²) in [5.74, 6) is 0.512. The molecule has 0 aliphatic heterocycles. The van der Waals surface area contributed by atoms with E-state index >= 15 is 0 Å². The quantitative estimate of drug-likeness (QED) is 0.755. The minimum Gasteiger partial charge on any atom is -0.497 e. The Kier molecular flexibility index (Phi) is 5.41. The predicted molar refractivity (Wildman–Crippen MR) is 84.6 cm³/mol. The minimum absolute atomic E-state index is 0.0552. The standard InChI is InChI=1S/C17H24N2O3/c1-22-14-8-6-13(7-9-14)17(10-2-3-11-17)16(21)19-12-4-5-15(18)20/h6-9H,2-5,10-12H2,1H3,(H2,18,20)(H,19,21). The van der Waals surface area contributed by atoms with Crippen molar-refractivity contribution in [3.63, 3.8) is 0 Å². The predicted octanol–water partition coefficient (Wildman–Crippen LogP) is 1.89. The molecule has 5 heteroatoms. The van der Waals surface area contributed by atoms with E-state index in [-0.39, 0.29) is 11.8 Å². The number of amides is 2. The molecule has 120 valence electrons. The van der Waals surface area contributed by atoms with Gasteiger partial charge < -0.3 is 15.8 Å². The van der Waals surface area contributed by atoms with Crippen LogP contribution in [0.15, 0.2) is 24.3 Å². The van der Waals surface area contributed by atoms with Gasteiger partial charge in [-0.3, -0.25) is 9.59 Å². The Hall–Kier alpha value is -2.04. The first-order chi connectivity index (χ1) is 10.6. The summed E-state index contributed by atoms with van der Waals surface area (Å²) >= 11 is 0. The van der Waals surface area contributed by atoms with Crippen molar-refractivity contribution in [2.45, 2.75) is 43.9 Å². The van der Waals surface area contributed by atoms with E-state index in [4.69, 9.17) is 10.5 Å². The number of hydrogen-bond donors (Lipinski definition) is 2. The zero-order valence-electron chi connectivity index (χ0n) is 13.1. The largest absolute Gasteiger partial charge is 0.497 e. The molecule has 5 nitrogen and oxygen atoms in total. The first kappa shape index (κ1) is 16.3. The number of benzene rings is 1. The number of carbonyl (C=O) groups is 2. The summed E-state index contributed by atoms with van der Waals surface area (Å²) in [4.78, 5) is 23.5. The average molecular weight is 304 g/mol. The van der Waals surface area contributed by atoms with Gasteiger partial charge in [-0.05, 0) is 37.0 Å². The van der Waals surface area contributed by atoms with Crippen molar-refractivity contribution in [1.82, 2.24) is 5.32 Å². The SMILES string of the molecule is COc1ccc(C2(C(=O)NCCCC(N)=O)CCCC2)cc1. The number of hydrogen-bond acceptors (Lipinski definition) is 3. The zero-order valence-corrected chi connectivity index (χ0v) is 13.1. The fraction of sp³-hybridized carbons (Fsp3) is 0.529. The lowest BCUT2D eigenvalue weighted by Gasteiger charge is -2.28. The van der Waals surface area contributed by atoms with E-state index in [1.807, 2.05) is 24.3 Å². The molecule has 0 heterocycles. The van der Waals surface area contributed by atoms with E-state index in [1.165, 1.54) is 0 Å². The number of methoxy groups -OCH3 is 1. The van der Waals surface area contributed by atoms with Gasteiger partial charge >= 0.3 is 0 Å². The van der Waals surface area contributed by atoms with E-state index in [0.717, 1.165) is 37.0 Å². The van der Waals surface area contributed by atoms with Crippen LogP contribution in [0, 0.1) is 0 Å². The van der Waals surface area contributed by atoms with Crippen LogP contribution in [0.3, 0.4) is 0 Å². The highest BCUT2D eigenvalue weighted by atomic mass is 16.5. The summed E-state index contributed by atoms with van der Waals surface area (Å²) < 4.78 is 5.18. The van der Waals surface area contributed by atoms with Crippen molar-refractivity contribution in [3.05, 3.63) is 29.8 Å². The van der Waals surface area contributed by atoms with Gasteiger partial charge in [0.05, 0.1) is 12.5 Å². The third-order valence-electron chi connectivity index (χ3n) is 4.42. The van der Waals surface area contributed by atoms with Gasteiger partial charge in [0.25, 0.3) is 0 Å². The molecule has 0 aromatic heterocycles. The van der Waals surface area contributed by atoms with Crippen molar-refractivity contribution in [1.29, 1.82) is 0 Å². The second-order valence-electron chi connectivity index (χ2n) is 5.84. The number of nitrogens with two attached hydrogens (primary N) is 1. The maximum Gasteiger partial charge on any atom is 0.230 e. The van der Waals surface area contributed by atoms with E-state index in [2.05, 4.69) is 5.32 Å². The van der Waals surface area contributed by atoms with Gasteiger partial charge in [-0.15, -0.1) is 0 Å². The van der Waals surface area contributed by atoms with Crippen LogP contribution >= 0.6 is 0 Å². The topological polar surface area (TPSA) is 81.4 Å². The average Bonchev–Trinajstić information content (AvgIpc) is 3.02. The van der Waals surface area contributed by atoms with Crippen LogP contribution in [-0.4, -0.2) is 25.5 Å². The molecule has 1 aliphatic carbocycles. The van der Waals surface area contributed by atoms with Crippen LogP contribution < -0.4 is 15.8 Å². The molecule has 0 unspecified atom stereocenters. The number of ether oxygens (including phenoxy) is 1. The summed E-state index contributed by atoms with van der Waals surface area (Å²) in [6.45, 7) is 0.486. The second kappa shape index (κ2) is 7.29. The van der Waals surface area contributed by atoms with Crippen molar-refractivity contribution >= 4 is 11.8 Å². The Bertz CT molecular complexity index is 519. The first-order valence-corrected chi connectivity index (χ1v) is 7.79. The molecule has 1 fully saturated rings. The van der Waals surface area contributed by atoms with Gasteiger partial charge in [0.15, 0.2) is 0 Å². The highest BCUT2D eigenvalue weighted by Gasteiger charge is 2.42. The molecule has 1 aliphatic rings. The molecule has 2 amide bonds. The highest BCUT2D eigenvalue weighted by molar-refractivity contribution is 5.88. The molecular formula is C17H24N2O3. The van der Waals surface area contributed by atoms with E-state index < -0.39 is 5.41 Å². The summed E-state index contributed by atoms with van der Waals surface area (Å²) in [7, 11) is 1.63. The van der Waals surface area contributed by atoms with Gasteiger partial charge in [-0.25, -0.2) is 0 Å². The van der Waals surface area contributed by atoms with E-state index in [1.54, 1.807) is 7.11 Å². The number of nitrogens with one attached hydrogen (secondary N) is 1. The van der Waals surface area contributed by atoms with Crippen LogP contribution in [0.5, 0.6) is 5.75 Å². The lowest BCUT2D eigenvalue weighted by atomic mass is 9.78. The fourth-order valence-corrected chi connectivity index (χ4v) is 3.17. The van der Waals surface area contributed by atoms with Crippen LogP contribution in [-0.2, 0) is 15.0 Å². The summed E-state index contributed by atoms with van der Waals surface area (Å²) in [6, 6.07) is 7.76. The number of carbonyl (C=O) groups excluding carboxylic acids is 2. The Morgan fingerprint density at radius 1 is 1.23 bits per heavy atom. The summed E-state index contributed by atoms with van der Waals surface area (Å²) in [5, 5.41) is 2.97. The third kappa shape index (κ3) is 3.59. The maximum absolute atomic E-state index is 12.7. The molecule has 0 spiro atoms. The Labute approximate surface area is 131 Å². The Balaban J connectivity index is 2.06. The van der Waals surface area contributed by atoms with Gasteiger partial charge in [0.2, 0.25) is 11.8 Å². The van der Waals surface area contributed by atoms with Crippen LogP contribution in [0.1, 0.15) is 44.1 Å². The van der Waals surface area contributed by atoms with Gasteiger partial charge in [0.1, 0.15) is 5.75 Å². The van der Waals surface area contributed by atoms with Crippen molar-refractivity contribution in [2.24, 2.45) is 5.73 Å². The van der Waals surface area contributed by atoms with Gasteiger partial charge in [0, 0.05) is 13.0 Å². The normalized spacial score (nSPS) is 16.2. The molecule has 22 heavy (non-hydrogen) atoms. The molecule has 3 N–H and O–H groups in total. The van der Waals surface area contributed by atoms with E-state index in [9.17, 15) is 9.59 Å². The second-order valence-corrected chi connectivity index (χ2v) is 5.84. The van der Waals surface area contributed by atoms with Crippen molar-refractivity contribution < 1.29 is 14.3 Å². The number of primary amides is 1. The zero-order chi connectivity index (χ0) is 16.0. The number of rotatable bonds is 7. The lowest BCUT2D eigenvalue weighted by Crippen LogP contribution is -2.43. The maximum atomic E-state index is 12.7. The van der Waals surface area contributed by atoms with Crippen LogP contribution in [0.25, 0.3) is 0 Å². The molecule has 0 saturated heterocycles. The minimum atomic E-state index is -0.445. The third-order valence-corrected chi connectivity index (χ3v) is 4.42. The van der Waals surface area contributed by atoms with Crippen molar-refractivity contribution in [3.8, 4) is 5.75 Å². The lowest BCUT2D eigenvalue weighted by molar-refractivity contribution is -0.127. The molecular weight excluding hydrogens is 280 g/mol. The van der Waals surface area contributed by atoms with Crippen LogP contribution in [0.2, 0.25) is 0 Å². The van der Waals surface area contributed by atoms with Gasteiger partial charge in [-0.1, -0.05) is 25.0 Å². The molecule has 2 rings (SSSR count). The fourth-order valence-electron chi connectivity index (χ4n) is 3.17.